The highest BCUT2D eigenvalue weighted by molar-refractivity contribution is 5.21. The maximum atomic E-state index is 6.01. The number of ether oxygens (including phenoxy) is 1. The lowest BCUT2D eigenvalue weighted by molar-refractivity contribution is -0.0849. The van der Waals surface area contributed by atoms with Gasteiger partial charge in [0.1, 0.15) is 0 Å². The summed E-state index contributed by atoms with van der Waals surface area (Å²) in [6, 6.07) is 11.3. The van der Waals surface area contributed by atoms with Crippen molar-refractivity contribution in [2.75, 3.05) is 13.2 Å². The lowest BCUT2D eigenvalue weighted by Gasteiger charge is -2.45. The first-order valence-corrected chi connectivity index (χ1v) is 6.76. The van der Waals surface area contributed by atoms with Gasteiger partial charge in [-0.15, -0.1) is 0 Å². The van der Waals surface area contributed by atoms with Crippen molar-refractivity contribution >= 4 is 0 Å². The first-order valence-electron chi connectivity index (χ1n) is 6.76. The number of rotatable bonds is 1. The molecule has 0 radical (unpaired) electrons. The molecule has 17 heavy (non-hydrogen) atoms. The van der Waals surface area contributed by atoms with Crippen LogP contribution in [-0.4, -0.2) is 19.3 Å². The summed E-state index contributed by atoms with van der Waals surface area (Å²) < 4.78 is 6.01. The molecule has 0 aliphatic carbocycles. The summed E-state index contributed by atoms with van der Waals surface area (Å²) in [5.41, 5.74) is 1.42. The molecule has 1 aromatic carbocycles. The van der Waals surface area contributed by atoms with Crippen molar-refractivity contribution in [1.29, 1.82) is 0 Å². The van der Waals surface area contributed by atoms with Crippen LogP contribution in [0.1, 0.15) is 31.4 Å². The third-order valence-electron chi connectivity index (χ3n) is 4.22. The summed E-state index contributed by atoms with van der Waals surface area (Å²) >= 11 is 0. The van der Waals surface area contributed by atoms with Crippen LogP contribution in [0.3, 0.4) is 0 Å². The molecule has 0 spiro atoms. The summed E-state index contributed by atoms with van der Waals surface area (Å²) in [4.78, 5) is 0. The Morgan fingerprint density at radius 1 is 1.24 bits per heavy atom. The molecule has 2 fully saturated rings. The van der Waals surface area contributed by atoms with Crippen molar-refractivity contribution in [2.24, 2.45) is 11.8 Å². The topological polar surface area (TPSA) is 21.3 Å². The predicted molar refractivity (Wildman–Crippen MR) is 68.8 cm³/mol. The summed E-state index contributed by atoms with van der Waals surface area (Å²) in [7, 11) is 0. The van der Waals surface area contributed by atoms with Crippen molar-refractivity contribution in [3.8, 4) is 0 Å². The molecule has 2 nitrogen and oxygen atoms in total. The van der Waals surface area contributed by atoms with Gasteiger partial charge in [-0.25, -0.2) is 0 Å². The normalized spacial score (nSPS) is 37.5. The molecule has 2 aliphatic rings. The Balaban J connectivity index is 1.85. The van der Waals surface area contributed by atoms with Crippen LogP contribution in [0.4, 0.5) is 0 Å². The third-order valence-corrected chi connectivity index (χ3v) is 4.22. The molecule has 0 bridgehead atoms. The summed E-state index contributed by atoms with van der Waals surface area (Å²) in [5, 5.41) is 3.70. The van der Waals surface area contributed by atoms with Crippen molar-refractivity contribution in [2.45, 2.75) is 31.9 Å². The fourth-order valence-electron chi connectivity index (χ4n) is 3.37. The average molecular weight is 231 g/mol. The van der Waals surface area contributed by atoms with E-state index in [1.165, 1.54) is 18.4 Å². The van der Waals surface area contributed by atoms with Crippen molar-refractivity contribution in [3.63, 3.8) is 0 Å². The fraction of sp³-hybridized carbons (Fsp3) is 0.600. The van der Waals surface area contributed by atoms with E-state index in [1.54, 1.807) is 0 Å². The zero-order chi connectivity index (χ0) is 11.7. The predicted octanol–water partition coefficient (Wildman–Crippen LogP) is 2.76. The lowest BCUT2D eigenvalue weighted by atomic mass is 9.76. The van der Waals surface area contributed by atoms with Gasteiger partial charge in [-0.05, 0) is 24.3 Å². The maximum Gasteiger partial charge on any atom is 0.0659 e. The monoisotopic (exact) mass is 231 g/mol. The van der Waals surface area contributed by atoms with Gasteiger partial charge in [0.05, 0.1) is 6.10 Å². The highest BCUT2D eigenvalue weighted by atomic mass is 16.5. The van der Waals surface area contributed by atoms with E-state index in [0.717, 1.165) is 13.2 Å². The molecular weight excluding hydrogens is 210 g/mol. The number of hydrogen-bond donors (Lipinski definition) is 1. The van der Waals surface area contributed by atoms with Crippen molar-refractivity contribution < 1.29 is 4.74 Å². The Bertz CT molecular complexity index is 364. The van der Waals surface area contributed by atoms with Gasteiger partial charge < -0.3 is 10.1 Å². The van der Waals surface area contributed by atoms with Crippen LogP contribution in [0.15, 0.2) is 30.3 Å². The second-order valence-electron chi connectivity index (χ2n) is 5.42. The molecule has 92 valence electrons. The first-order chi connectivity index (χ1) is 8.36. The third kappa shape index (κ3) is 2.12. The molecule has 0 saturated carbocycles. The molecule has 2 aliphatic heterocycles. The van der Waals surface area contributed by atoms with E-state index in [9.17, 15) is 0 Å². The molecule has 0 unspecified atom stereocenters. The summed E-state index contributed by atoms with van der Waals surface area (Å²) in [6.07, 6.45) is 2.95. The molecule has 0 aromatic heterocycles. The molecule has 4 atom stereocenters. The minimum atomic E-state index is 0.454. The van der Waals surface area contributed by atoms with Crippen molar-refractivity contribution in [3.05, 3.63) is 35.9 Å². The van der Waals surface area contributed by atoms with Gasteiger partial charge in [0, 0.05) is 25.1 Å². The van der Waals surface area contributed by atoms with Crippen LogP contribution in [0.5, 0.6) is 0 Å². The SMILES string of the molecule is C[C@@H]1CN[C@H](c2ccccc2)[C@H]2CCCO[C@H]21. The van der Waals surface area contributed by atoms with E-state index < -0.39 is 0 Å². The van der Waals surface area contributed by atoms with Gasteiger partial charge in [-0.3, -0.25) is 0 Å². The Kier molecular flexibility index (Phi) is 3.17. The Morgan fingerprint density at radius 3 is 2.88 bits per heavy atom. The summed E-state index contributed by atoms with van der Waals surface area (Å²) in [5.74, 6) is 1.29. The van der Waals surface area contributed by atoms with Crippen LogP contribution in [0.2, 0.25) is 0 Å². The van der Waals surface area contributed by atoms with Crippen LogP contribution in [0.25, 0.3) is 0 Å². The lowest BCUT2D eigenvalue weighted by Crippen LogP contribution is -2.51. The Labute approximate surface area is 103 Å². The van der Waals surface area contributed by atoms with Crippen LogP contribution < -0.4 is 5.32 Å². The van der Waals surface area contributed by atoms with Gasteiger partial charge in [0.15, 0.2) is 0 Å². The second kappa shape index (κ2) is 4.79. The first kappa shape index (κ1) is 11.2. The molecule has 1 N–H and O–H groups in total. The van der Waals surface area contributed by atoms with Gasteiger partial charge in [0.2, 0.25) is 0 Å². The van der Waals surface area contributed by atoms with Gasteiger partial charge in [0.25, 0.3) is 0 Å². The van der Waals surface area contributed by atoms with E-state index >= 15 is 0 Å². The standard InChI is InChI=1S/C15H21NO/c1-11-10-16-14(12-6-3-2-4-7-12)13-8-5-9-17-15(11)13/h2-4,6-7,11,13-16H,5,8-10H2,1H3/t11-,13-,14-,15+/m1/s1. The molecule has 2 saturated heterocycles. The largest absolute Gasteiger partial charge is 0.378 e. The number of nitrogens with one attached hydrogen (secondary N) is 1. The molecule has 2 heteroatoms. The maximum absolute atomic E-state index is 6.01. The fourth-order valence-corrected chi connectivity index (χ4v) is 3.37. The van der Waals surface area contributed by atoms with E-state index in [2.05, 4.69) is 42.6 Å². The smallest absolute Gasteiger partial charge is 0.0659 e. The van der Waals surface area contributed by atoms with Gasteiger partial charge in [-0.1, -0.05) is 37.3 Å². The molecule has 0 amide bonds. The zero-order valence-electron chi connectivity index (χ0n) is 10.4. The molecule has 2 heterocycles. The molecular formula is C15H21NO. The van der Waals surface area contributed by atoms with E-state index in [1.807, 2.05) is 0 Å². The molecule has 3 rings (SSSR count). The van der Waals surface area contributed by atoms with Crippen LogP contribution in [-0.2, 0) is 4.74 Å². The molecule has 1 aromatic rings. The minimum absolute atomic E-state index is 0.454. The Hall–Kier alpha value is -0.860. The number of hydrogen-bond acceptors (Lipinski definition) is 2. The average Bonchev–Trinajstić information content (AvgIpc) is 2.41. The zero-order valence-corrected chi connectivity index (χ0v) is 10.4. The number of benzene rings is 1. The number of piperidine rings is 1. The van der Waals surface area contributed by atoms with E-state index in [4.69, 9.17) is 4.74 Å². The van der Waals surface area contributed by atoms with Crippen molar-refractivity contribution in [1.82, 2.24) is 5.32 Å². The van der Waals surface area contributed by atoms with E-state index in [0.29, 0.717) is 24.0 Å². The quantitative estimate of drug-likeness (QED) is 0.802. The highest BCUT2D eigenvalue weighted by Gasteiger charge is 2.40. The second-order valence-corrected chi connectivity index (χ2v) is 5.42. The number of fused-ring (bicyclic) bond motifs is 1. The highest BCUT2D eigenvalue weighted by Crippen LogP contribution is 2.38. The van der Waals surface area contributed by atoms with Gasteiger partial charge >= 0.3 is 0 Å². The van der Waals surface area contributed by atoms with Crippen LogP contribution in [0, 0.1) is 11.8 Å². The minimum Gasteiger partial charge on any atom is -0.378 e. The van der Waals surface area contributed by atoms with Gasteiger partial charge in [-0.2, -0.15) is 0 Å². The van der Waals surface area contributed by atoms with Crippen LogP contribution >= 0.6 is 0 Å². The van der Waals surface area contributed by atoms with E-state index in [-0.39, 0.29) is 0 Å². The Morgan fingerprint density at radius 2 is 2.06 bits per heavy atom. The summed E-state index contributed by atoms with van der Waals surface area (Å²) in [6.45, 7) is 4.32.